The third kappa shape index (κ3) is 6.93. The van der Waals surface area contributed by atoms with Gasteiger partial charge in [-0.15, -0.1) is 0 Å². The van der Waals surface area contributed by atoms with E-state index in [1.807, 2.05) is 25.1 Å². The normalized spacial score (nSPS) is 14.0. The lowest BCUT2D eigenvalue weighted by atomic mass is 10.1. The minimum absolute atomic E-state index is 0.104. The van der Waals surface area contributed by atoms with Crippen LogP contribution in [0.1, 0.15) is 47.1 Å². The molecule has 1 atom stereocenters. The fourth-order valence-electron chi connectivity index (χ4n) is 4.44. The van der Waals surface area contributed by atoms with Gasteiger partial charge in [0.2, 0.25) is 5.91 Å². The van der Waals surface area contributed by atoms with Crippen molar-refractivity contribution in [3.63, 3.8) is 0 Å². The molecule has 0 radical (unpaired) electrons. The van der Waals surface area contributed by atoms with Gasteiger partial charge in [0.15, 0.2) is 0 Å². The fourth-order valence-corrected chi connectivity index (χ4v) is 4.66. The lowest BCUT2D eigenvalue weighted by Gasteiger charge is -2.35. The Bertz CT molecular complexity index is 1380. The van der Waals surface area contributed by atoms with E-state index in [9.17, 15) is 14.4 Å². The van der Waals surface area contributed by atoms with Crippen LogP contribution in [0.4, 0.5) is 10.5 Å². The average Bonchev–Trinajstić information content (AvgIpc) is 3.31. The highest BCUT2D eigenvalue weighted by molar-refractivity contribution is 6.30. The van der Waals surface area contributed by atoms with Gasteiger partial charge in [0.1, 0.15) is 18.4 Å². The second kappa shape index (κ2) is 12.9. The van der Waals surface area contributed by atoms with Crippen LogP contribution in [0.5, 0.6) is 5.75 Å². The molecular formula is C29H34ClN5O5. The van der Waals surface area contributed by atoms with E-state index >= 15 is 0 Å². The van der Waals surface area contributed by atoms with E-state index in [0.29, 0.717) is 61.4 Å². The van der Waals surface area contributed by atoms with Gasteiger partial charge in [-0.25, -0.2) is 4.79 Å². The minimum atomic E-state index is -0.574. The number of halogens is 1. The molecule has 1 N–H and O–H groups in total. The number of rotatable bonds is 8. The Morgan fingerprint density at radius 1 is 1.05 bits per heavy atom. The van der Waals surface area contributed by atoms with Crippen LogP contribution < -0.4 is 10.1 Å². The van der Waals surface area contributed by atoms with Crippen molar-refractivity contribution in [2.24, 2.45) is 0 Å². The van der Waals surface area contributed by atoms with Crippen molar-refractivity contribution in [1.82, 2.24) is 19.6 Å². The lowest BCUT2D eigenvalue weighted by molar-refractivity contribution is -0.136. The van der Waals surface area contributed by atoms with Gasteiger partial charge >= 0.3 is 6.09 Å². The molecule has 3 aromatic rings. The monoisotopic (exact) mass is 567 g/mol. The summed E-state index contributed by atoms with van der Waals surface area (Å²) >= 11 is 6.02. The molecule has 1 aliphatic rings. The lowest BCUT2D eigenvalue weighted by Crippen LogP contribution is -2.52. The van der Waals surface area contributed by atoms with Crippen LogP contribution in [0.25, 0.3) is 0 Å². The Labute approximate surface area is 238 Å². The van der Waals surface area contributed by atoms with Crippen LogP contribution >= 0.6 is 11.6 Å². The summed E-state index contributed by atoms with van der Waals surface area (Å²) in [6.07, 6.45) is 1.31. The molecule has 1 aliphatic heterocycles. The predicted molar refractivity (Wildman–Crippen MR) is 152 cm³/mol. The maximum absolute atomic E-state index is 13.1. The van der Waals surface area contributed by atoms with Crippen molar-refractivity contribution in [2.45, 2.75) is 40.3 Å². The van der Waals surface area contributed by atoms with E-state index in [-0.39, 0.29) is 17.9 Å². The Morgan fingerprint density at radius 3 is 2.48 bits per heavy atom. The number of carbonyl (C=O) groups excluding carboxylic acids is 3. The number of nitrogens with zero attached hydrogens (tertiary/aromatic N) is 4. The summed E-state index contributed by atoms with van der Waals surface area (Å²) < 4.78 is 12.5. The molecule has 0 saturated carbocycles. The highest BCUT2D eigenvalue weighted by Gasteiger charge is 2.29. The molecule has 0 aliphatic carbocycles. The topological polar surface area (TPSA) is 106 Å². The zero-order chi connectivity index (χ0) is 28.8. The number of amides is 3. The molecule has 2 heterocycles. The summed E-state index contributed by atoms with van der Waals surface area (Å²) in [6.45, 7) is 9.52. The maximum Gasteiger partial charge on any atom is 0.409 e. The van der Waals surface area contributed by atoms with Crippen molar-refractivity contribution >= 4 is 35.2 Å². The van der Waals surface area contributed by atoms with Crippen LogP contribution in [-0.4, -0.2) is 70.3 Å². The number of hydrogen-bond acceptors (Lipinski definition) is 6. The van der Waals surface area contributed by atoms with Crippen LogP contribution in [0.2, 0.25) is 5.02 Å². The summed E-state index contributed by atoms with van der Waals surface area (Å²) in [6, 6.07) is 12.1. The van der Waals surface area contributed by atoms with Gasteiger partial charge in [0, 0.05) is 43.0 Å². The second-order valence-corrected chi connectivity index (χ2v) is 10.1. The molecule has 2 aromatic carbocycles. The number of anilines is 1. The Morgan fingerprint density at radius 2 is 1.77 bits per heavy atom. The molecule has 40 heavy (non-hydrogen) atoms. The number of aryl methyl sites for hydroxylation is 2. The molecule has 0 bridgehead atoms. The predicted octanol–water partition coefficient (Wildman–Crippen LogP) is 4.85. The van der Waals surface area contributed by atoms with E-state index in [1.165, 1.54) is 0 Å². The van der Waals surface area contributed by atoms with Gasteiger partial charge in [-0.05, 0) is 69.2 Å². The molecule has 10 nitrogen and oxygen atoms in total. The molecule has 11 heteroatoms. The van der Waals surface area contributed by atoms with Crippen LogP contribution in [0.15, 0.2) is 48.7 Å². The van der Waals surface area contributed by atoms with E-state index in [4.69, 9.17) is 21.1 Å². The van der Waals surface area contributed by atoms with Crippen molar-refractivity contribution in [2.75, 3.05) is 38.1 Å². The van der Waals surface area contributed by atoms with Gasteiger partial charge < -0.3 is 24.6 Å². The van der Waals surface area contributed by atoms with Crippen LogP contribution in [0.3, 0.4) is 0 Å². The summed E-state index contributed by atoms with van der Waals surface area (Å²) in [7, 11) is 0. The number of hydrogen-bond donors (Lipinski definition) is 1. The molecule has 4 rings (SSSR count). The first-order chi connectivity index (χ1) is 19.2. The van der Waals surface area contributed by atoms with Gasteiger partial charge in [0.05, 0.1) is 18.0 Å². The van der Waals surface area contributed by atoms with E-state index in [0.717, 1.165) is 16.9 Å². The largest absolute Gasteiger partial charge is 0.489 e. The van der Waals surface area contributed by atoms with E-state index < -0.39 is 6.04 Å². The smallest absolute Gasteiger partial charge is 0.409 e. The van der Waals surface area contributed by atoms with E-state index in [2.05, 4.69) is 10.4 Å². The average molecular weight is 568 g/mol. The first kappa shape index (κ1) is 28.9. The molecule has 1 unspecified atom stereocenters. The van der Waals surface area contributed by atoms with Crippen LogP contribution in [-0.2, 0) is 16.1 Å². The number of benzene rings is 2. The SMILES string of the molecule is CCOC(=O)N1CCN(C(=O)C(C)n2cc(NC(=O)c3cccc(COc4ccc(Cl)cc4C)c3)c(C)n2)CC1. The molecule has 1 fully saturated rings. The van der Waals surface area contributed by atoms with Crippen molar-refractivity contribution in [1.29, 1.82) is 0 Å². The van der Waals surface area contributed by atoms with Crippen molar-refractivity contribution in [3.05, 3.63) is 76.1 Å². The molecule has 3 amide bonds. The highest BCUT2D eigenvalue weighted by atomic mass is 35.5. The Balaban J connectivity index is 1.35. The zero-order valence-electron chi connectivity index (χ0n) is 23.1. The third-order valence-electron chi connectivity index (χ3n) is 6.76. The molecule has 1 aromatic heterocycles. The molecule has 1 saturated heterocycles. The van der Waals surface area contributed by atoms with Crippen LogP contribution in [0, 0.1) is 13.8 Å². The molecule has 212 valence electrons. The Kier molecular flexibility index (Phi) is 9.31. The Hall–Kier alpha value is -4.05. The van der Waals surface area contributed by atoms with Gasteiger partial charge in [0.25, 0.3) is 5.91 Å². The van der Waals surface area contributed by atoms with Gasteiger partial charge in [-0.2, -0.15) is 5.10 Å². The minimum Gasteiger partial charge on any atom is -0.489 e. The zero-order valence-corrected chi connectivity index (χ0v) is 23.9. The van der Waals surface area contributed by atoms with Gasteiger partial charge in [-0.1, -0.05) is 23.7 Å². The van der Waals surface area contributed by atoms with E-state index in [1.54, 1.807) is 65.7 Å². The summed E-state index contributed by atoms with van der Waals surface area (Å²) in [5.41, 5.74) is 3.37. The second-order valence-electron chi connectivity index (χ2n) is 9.65. The first-order valence-electron chi connectivity index (χ1n) is 13.2. The quantitative estimate of drug-likeness (QED) is 0.417. The van der Waals surface area contributed by atoms with Gasteiger partial charge in [-0.3, -0.25) is 14.3 Å². The third-order valence-corrected chi connectivity index (χ3v) is 6.99. The highest BCUT2D eigenvalue weighted by Crippen LogP contribution is 2.23. The summed E-state index contributed by atoms with van der Waals surface area (Å²) in [4.78, 5) is 41.4. The number of piperazine rings is 1. The summed E-state index contributed by atoms with van der Waals surface area (Å²) in [5.74, 6) is 0.334. The first-order valence-corrected chi connectivity index (χ1v) is 13.6. The summed E-state index contributed by atoms with van der Waals surface area (Å²) in [5, 5.41) is 8.03. The molecular weight excluding hydrogens is 534 g/mol. The number of nitrogens with one attached hydrogen (secondary N) is 1. The van der Waals surface area contributed by atoms with Crippen molar-refractivity contribution in [3.8, 4) is 5.75 Å². The standard InChI is InChI=1S/C29H34ClN5O5/c1-5-39-29(38)34-13-11-33(12-14-34)28(37)21(4)35-17-25(20(3)32-35)31-27(36)23-8-6-7-22(16-23)18-40-26-10-9-24(30)15-19(26)2/h6-10,15-17,21H,5,11-14,18H2,1-4H3,(H,31,36). The number of ether oxygens (including phenoxy) is 2. The fraction of sp³-hybridized carbons (Fsp3) is 0.379. The molecule has 0 spiro atoms. The maximum atomic E-state index is 13.1. The number of carbonyl (C=O) groups is 3. The van der Waals surface area contributed by atoms with Crippen molar-refractivity contribution < 1.29 is 23.9 Å². The number of aromatic nitrogens is 2.